The molecule has 2 heterocycles. The second-order valence-electron chi connectivity index (χ2n) is 5.79. The first-order valence-electron chi connectivity index (χ1n) is 6.99. The lowest BCUT2D eigenvalue weighted by molar-refractivity contribution is -0.117. The highest BCUT2D eigenvalue weighted by Crippen LogP contribution is 2.18. The Morgan fingerprint density at radius 3 is 2.72 bits per heavy atom. The molecule has 102 valence electrons. The fourth-order valence-corrected chi connectivity index (χ4v) is 2.54. The van der Waals surface area contributed by atoms with Crippen LogP contribution in [0.5, 0.6) is 0 Å². The third-order valence-electron chi connectivity index (χ3n) is 4.15. The zero-order valence-corrected chi connectivity index (χ0v) is 11.8. The van der Waals surface area contributed by atoms with E-state index < -0.39 is 0 Å². The van der Waals surface area contributed by atoms with Gasteiger partial charge in [0.1, 0.15) is 0 Å². The highest BCUT2D eigenvalue weighted by molar-refractivity contribution is 5.93. The Morgan fingerprint density at radius 2 is 2.22 bits per heavy atom. The molecule has 0 aromatic carbocycles. The third-order valence-corrected chi connectivity index (χ3v) is 4.15. The van der Waals surface area contributed by atoms with Gasteiger partial charge in [-0.05, 0) is 45.2 Å². The minimum atomic E-state index is 0.120. The molecule has 2 fully saturated rings. The lowest BCUT2D eigenvalue weighted by Crippen LogP contribution is -2.38. The van der Waals surface area contributed by atoms with E-state index in [9.17, 15) is 4.79 Å². The van der Waals surface area contributed by atoms with Crippen molar-refractivity contribution in [1.82, 2.24) is 15.5 Å². The molecule has 0 aromatic heterocycles. The Hall–Kier alpha value is -0.870. The third kappa shape index (κ3) is 3.12. The first kappa shape index (κ1) is 13.6. The molecule has 0 aliphatic carbocycles. The summed E-state index contributed by atoms with van der Waals surface area (Å²) >= 11 is 0. The molecule has 18 heavy (non-hydrogen) atoms. The van der Waals surface area contributed by atoms with Gasteiger partial charge in [0, 0.05) is 37.8 Å². The van der Waals surface area contributed by atoms with Crippen molar-refractivity contribution in [3.8, 4) is 0 Å². The average Bonchev–Trinajstić information content (AvgIpc) is 2.72. The maximum Gasteiger partial charge on any atom is 0.246 e. The van der Waals surface area contributed by atoms with Gasteiger partial charge in [-0.2, -0.15) is 0 Å². The van der Waals surface area contributed by atoms with E-state index in [1.54, 1.807) is 0 Å². The van der Waals surface area contributed by atoms with Crippen molar-refractivity contribution < 1.29 is 4.79 Å². The normalized spacial score (nSPS) is 24.2. The van der Waals surface area contributed by atoms with Crippen LogP contribution in [0.1, 0.15) is 27.2 Å². The Balaban J connectivity index is 1.74. The SMILES string of the molecule is CC(C(=O)NCC1CCN(C(C)C)C1)=C1CNC1. The predicted octanol–water partition coefficient (Wildman–Crippen LogP) is 0.753. The lowest BCUT2D eigenvalue weighted by atomic mass is 10.0. The minimum absolute atomic E-state index is 0.120. The van der Waals surface area contributed by atoms with Crippen LogP contribution in [0.4, 0.5) is 0 Å². The van der Waals surface area contributed by atoms with Crippen molar-refractivity contribution in [2.24, 2.45) is 5.92 Å². The van der Waals surface area contributed by atoms with Crippen molar-refractivity contribution in [1.29, 1.82) is 0 Å². The topological polar surface area (TPSA) is 44.4 Å². The predicted molar refractivity (Wildman–Crippen MR) is 73.4 cm³/mol. The minimum Gasteiger partial charge on any atom is -0.352 e. The van der Waals surface area contributed by atoms with Crippen LogP contribution in [0.15, 0.2) is 11.1 Å². The molecule has 2 N–H and O–H groups in total. The molecule has 0 bridgehead atoms. The molecule has 1 atom stereocenters. The van der Waals surface area contributed by atoms with E-state index in [4.69, 9.17) is 0 Å². The maximum absolute atomic E-state index is 11.9. The highest BCUT2D eigenvalue weighted by Gasteiger charge is 2.24. The Morgan fingerprint density at radius 1 is 1.50 bits per heavy atom. The Bertz CT molecular complexity index is 343. The summed E-state index contributed by atoms with van der Waals surface area (Å²) in [5, 5.41) is 6.25. The molecular weight excluding hydrogens is 226 g/mol. The molecule has 2 aliphatic rings. The van der Waals surface area contributed by atoms with Gasteiger partial charge < -0.3 is 15.5 Å². The van der Waals surface area contributed by atoms with E-state index in [0.717, 1.165) is 31.8 Å². The van der Waals surface area contributed by atoms with Crippen LogP contribution in [0, 0.1) is 5.92 Å². The van der Waals surface area contributed by atoms with Gasteiger partial charge in [-0.25, -0.2) is 0 Å². The molecule has 1 unspecified atom stereocenters. The van der Waals surface area contributed by atoms with Gasteiger partial charge in [0.05, 0.1) is 0 Å². The number of nitrogens with zero attached hydrogens (tertiary/aromatic N) is 1. The molecule has 2 saturated heterocycles. The standard InChI is InChI=1S/C14H25N3O/c1-10(2)17-5-4-12(9-17)6-16-14(18)11(3)13-7-15-8-13/h10,12,15H,4-9H2,1-3H3,(H,16,18). The summed E-state index contributed by atoms with van der Waals surface area (Å²) < 4.78 is 0. The zero-order valence-electron chi connectivity index (χ0n) is 11.8. The van der Waals surface area contributed by atoms with Crippen molar-refractivity contribution in [2.75, 3.05) is 32.7 Å². The number of hydrogen-bond acceptors (Lipinski definition) is 3. The number of rotatable bonds is 4. The highest BCUT2D eigenvalue weighted by atomic mass is 16.1. The largest absolute Gasteiger partial charge is 0.352 e. The van der Waals surface area contributed by atoms with E-state index in [-0.39, 0.29) is 5.91 Å². The van der Waals surface area contributed by atoms with Crippen molar-refractivity contribution in [2.45, 2.75) is 33.2 Å². The quantitative estimate of drug-likeness (QED) is 0.725. The van der Waals surface area contributed by atoms with Crippen molar-refractivity contribution in [3.63, 3.8) is 0 Å². The van der Waals surface area contributed by atoms with Gasteiger partial charge in [0.25, 0.3) is 0 Å². The van der Waals surface area contributed by atoms with E-state index in [0.29, 0.717) is 12.0 Å². The summed E-state index contributed by atoms with van der Waals surface area (Å²) in [5.74, 6) is 0.739. The summed E-state index contributed by atoms with van der Waals surface area (Å²) in [6.07, 6.45) is 1.20. The first-order chi connectivity index (χ1) is 8.58. The van der Waals surface area contributed by atoms with Crippen LogP contribution in [0.2, 0.25) is 0 Å². The van der Waals surface area contributed by atoms with Crippen LogP contribution >= 0.6 is 0 Å². The molecule has 0 spiro atoms. The van der Waals surface area contributed by atoms with Gasteiger partial charge in [-0.3, -0.25) is 4.79 Å². The van der Waals surface area contributed by atoms with Gasteiger partial charge >= 0.3 is 0 Å². The number of carbonyl (C=O) groups is 1. The number of likely N-dealkylation sites (tertiary alicyclic amines) is 1. The van der Waals surface area contributed by atoms with Gasteiger partial charge in [-0.1, -0.05) is 0 Å². The van der Waals surface area contributed by atoms with Gasteiger partial charge in [0.2, 0.25) is 5.91 Å². The summed E-state index contributed by atoms with van der Waals surface area (Å²) in [7, 11) is 0. The molecule has 0 saturated carbocycles. The maximum atomic E-state index is 11.9. The van der Waals surface area contributed by atoms with Gasteiger partial charge in [0.15, 0.2) is 0 Å². The van der Waals surface area contributed by atoms with E-state index in [2.05, 4.69) is 29.4 Å². The fourth-order valence-electron chi connectivity index (χ4n) is 2.54. The van der Waals surface area contributed by atoms with Crippen LogP contribution in [0.25, 0.3) is 0 Å². The number of hydrogen-bond donors (Lipinski definition) is 2. The second kappa shape index (κ2) is 5.85. The summed E-state index contributed by atoms with van der Waals surface area (Å²) in [6, 6.07) is 0.621. The van der Waals surface area contributed by atoms with Crippen LogP contribution in [-0.4, -0.2) is 49.6 Å². The van der Waals surface area contributed by atoms with Gasteiger partial charge in [-0.15, -0.1) is 0 Å². The molecule has 0 aromatic rings. The number of carbonyl (C=O) groups excluding carboxylic acids is 1. The Labute approximate surface area is 110 Å². The first-order valence-corrected chi connectivity index (χ1v) is 6.99. The van der Waals surface area contributed by atoms with Crippen LogP contribution in [0.3, 0.4) is 0 Å². The molecule has 2 rings (SSSR count). The van der Waals surface area contributed by atoms with Crippen molar-refractivity contribution in [3.05, 3.63) is 11.1 Å². The second-order valence-corrected chi connectivity index (χ2v) is 5.79. The van der Waals surface area contributed by atoms with E-state index >= 15 is 0 Å². The molecular formula is C14H25N3O. The number of nitrogens with one attached hydrogen (secondary N) is 2. The van der Waals surface area contributed by atoms with E-state index in [1.807, 2.05) is 6.92 Å². The molecule has 2 aliphatic heterocycles. The Kier molecular flexibility index (Phi) is 4.40. The molecule has 4 nitrogen and oxygen atoms in total. The smallest absolute Gasteiger partial charge is 0.246 e. The fraction of sp³-hybridized carbons (Fsp3) is 0.786. The summed E-state index contributed by atoms with van der Waals surface area (Å²) in [4.78, 5) is 14.4. The van der Waals surface area contributed by atoms with E-state index in [1.165, 1.54) is 18.5 Å². The summed E-state index contributed by atoms with van der Waals surface area (Å²) in [6.45, 7) is 11.3. The number of amides is 1. The molecule has 1 amide bonds. The van der Waals surface area contributed by atoms with Crippen LogP contribution < -0.4 is 10.6 Å². The zero-order chi connectivity index (χ0) is 13.1. The van der Waals surface area contributed by atoms with Crippen LogP contribution in [-0.2, 0) is 4.79 Å². The lowest BCUT2D eigenvalue weighted by Gasteiger charge is -2.22. The monoisotopic (exact) mass is 251 g/mol. The van der Waals surface area contributed by atoms with Crippen molar-refractivity contribution >= 4 is 5.91 Å². The summed E-state index contributed by atoms with van der Waals surface area (Å²) in [5.41, 5.74) is 2.16. The average molecular weight is 251 g/mol. The molecule has 4 heteroatoms. The molecule has 0 radical (unpaired) electrons.